The number of aromatic nitrogens is 4. The number of hydrogen-bond acceptors (Lipinski definition) is 4. The first-order valence-corrected chi connectivity index (χ1v) is 7.15. The summed E-state index contributed by atoms with van der Waals surface area (Å²) in [5, 5.41) is 9.73. The number of amides is 2. The van der Waals surface area contributed by atoms with Crippen LogP contribution in [0.25, 0.3) is 5.69 Å². The summed E-state index contributed by atoms with van der Waals surface area (Å²) in [7, 11) is 0. The minimum absolute atomic E-state index is 0.123. The maximum Gasteiger partial charge on any atom is 0.319 e. The molecule has 0 saturated carbocycles. The van der Waals surface area contributed by atoms with Crippen LogP contribution >= 0.6 is 0 Å². The summed E-state index contributed by atoms with van der Waals surface area (Å²) < 4.78 is 1.68. The summed E-state index contributed by atoms with van der Waals surface area (Å²) in [6, 6.07) is 10.9. The van der Waals surface area contributed by atoms with Crippen molar-refractivity contribution in [2.45, 2.75) is 13.0 Å². The van der Waals surface area contributed by atoms with Crippen molar-refractivity contribution in [1.82, 2.24) is 25.1 Å². The van der Waals surface area contributed by atoms with Crippen LogP contribution < -0.4 is 10.6 Å². The van der Waals surface area contributed by atoms with E-state index in [9.17, 15) is 4.79 Å². The first-order chi connectivity index (χ1) is 11.2. The third kappa shape index (κ3) is 3.70. The van der Waals surface area contributed by atoms with E-state index in [-0.39, 0.29) is 12.1 Å². The normalized spacial score (nSPS) is 11.7. The molecule has 2 amide bonds. The molecule has 2 heterocycles. The molecule has 7 nitrogen and oxygen atoms in total. The predicted octanol–water partition coefficient (Wildman–Crippen LogP) is 2.55. The molecule has 0 spiro atoms. The number of nitrogens with zero attached hydrogens (tertiary/aromatic N) is 4. The van der Waals surface area contributed by atoms with E-state index in [1.165, 1.54) is 6.33 Å². The highest BCUT2D eigenvalue weighted by Crippen LogP contribution is 2.15. The quantitative estimate of drug-likeness (QED) is 0.775. The zero-order valence-electron chi connectivity index (χ0n) is 12.5. The fourth-order valence-electron chi connectivity index (χ4n) is 2.14. The van der Waals surface area contributed by atoms with Crippen LogP contribution in [-0.2, 0) is 0 Å². The van der Waals surface area contributed by atoms with Gasteiger partial charge in [-0.05, 0) is 36.8 Å². The first kappa shape index (κ1) is 14.7. The first-order valence-electron chi connectivity index (χ1n) is 7.15. The molecule has 116 valence electrons. The van der Waals surface area contributed by atoms with E-state index >= 15 is 0 Å². The number of hydrogen-bond donors (Lipinski definition) is 2. The van der Waals surface area contributed by atoms with Gasteiger partial charge in [0.25, 0.3) is 0 Å². The molecular formula is C16H16N6O. The summed E-state index contributed by atoms with van der Waals surface area (Å²) >= 11 is 0. The molecule has 1 atom stereocenters. The molecule has 2 N–H and O–H groups in total. The SMILES string of the molecule is C[C@H](NC(=O)Nc1ccncc1)c1ccc(-n2cncn2)cc1. The molecule has 7 heteroatoms. The number of carbonyl (C=O) groups excluding carboxylic acids is 1. The fourth-order valence-corrected chi connectivity index (χ4v) is 2.14. The Morgan fingerprint density at radius 3 is 2.48 bits per heavy atom. The zero-order chi connectivity index (χ0) is 16.1. The number of urea groups is 1. The Labute approximate surface area is 133 Å². The van der Waals surface area contributed by atoms with E-state index in [2.05, 4.69) is 25.7 Å². The molecule has 0 unspecified atom stereocenters. The lowest BCUT2D eigenvalue weighted by Crippen LogP contribution is -2.31. The van der Waals surface area contributed by atoms with Crippen LogP contribution in [0.4, 0.5) is 10.5 Å². The van der Waals surface area contributed by atoms with E-state index < -0.39 is 0 Å². The average molecular weight is 308 g/mol. The van der Waals surface area contributed by atoms with Crippen LogP contribution in [0.5, 0.6) is 0 Å². The largest absolute Gasteiger partial charge is 0.331 e. The van der Waals surface area contributed by atoms with E-state index in [0.717, 1.165) is 11.3 Å². The van der Waals surface area contributed by atoms with Crippen molar-refractivity contribution >= 4 is 11.7 Å². The van der Waals surface area contributed by atoms with Crippen molar-refractivity contribution in [1.29, 1.82) is 0 Å². The summed E-state index contributed by atoms with van der Waals surface area (Å²) in [5.74, 6) is 0. The topological polar surface area (TPSA) is 84.7 Å². The van der Waals surface area contributed by atoms with Crippen molar-refractivity contribution in [2.24, 2.45) is 0 Å². The van der Waals surface area contributed by atoms with Crippen LogP contribution in [0.15, 0.2) is 61.4 Å². The highest BCUT2D eigenvalue weighted by molar-refractivity contribution is 5.89. The Balaban J connectivity index is 1.61. The molecule has 3 rings (SSSR count). The van der Waals surface area contributed by atoms with Gasteiger partial charge in [0, 0.05) is 18.1 Å². The summed E-state index contributed by atoms with van der Waals surface area (Å²) in [6.45, 7) is 1.93. The van der Waals surface area contributed by atoms with Crippen LogP contribution in [0.3, 0.4) is 0 Å². The van der Waals surface area contributed by atoms with Gasteiger partial charge in [0.2, 0.25) is 0 Å². The van der Waals surface area contributed by atoms with Gasteiger partial charge in [-0.15, -0.1) is 0 Å². The van der Waals surface area contributed by atoms with Gasteiger partial charge in [-0.25, -0.2) is 14.5 Å². The Bertz CT molecular complexity index is 755. The van der Waals surface area contributed by atoms with Gasteiger partial charge in [0.15, 0.2) is 0 Å². The van der Waals surface area contributed by atoms with Gasteiger partial charge >= 0.3 is 6.03 Å². The maximum atomic E-state index is 12.0. The number of anilines is 1. The standard InChI is InChI=1S/C16H16N6O/c1-12(20-16(23)21-14-6-8-17-9-7-14)13-2-4-15(5-3-13)22-11-18-10-19-22/h2-12H,1H3,(H2,17,20,21,23)/t12-/m0/s1. The molecule has 0 fully saturated rings. The molecule has 1 aromatic carbocycles. The minimum Gasteiger partial charge on any atom is -0.331 e. The van der Waals surface area contributed by atoms with Crippen LogP contribution in [0.1, 0.15) is 18.5 Å². The predicted molar refractivity (Wildman–Crippen MR) is 86.2 cm³/mol. The van der Waals surface area contributed by atoms with Gasteiger partial charge in [0.05, 0.1) is 11.7 Å². The summed E-state index contributed by atoms with van der Waals surface area (Å²) in [4.78, 5) is 19.8. The molecule has 0 aliphatic heterocycles. The van der Waals surface area contributed by atoms with E-state index in [0.29, 0.717) is 5.69 Å². The van der Waals surface area contributed by atoms with Crippen LogP contribution in [0, 0.1) is 0 Å². The van der Waals surface area contributed by atoms with Crippen LogP contribution in [-0.4, -0.2) is 25.8 Å². The second kappa shape index (κ2) is 6.69. The molecule has 0 radical (unpaired) electrons. The Morgan fingerprint density at radius 1 is 1.09 bits per heavy atom. The minimum atomic E-state index is -0.260. The van der Waals surface area contributed by atoms with Crippen molar-refractivity contribution in [3.8, 4) is 5.69 Å². The lowest BCUT2D eigenvalue weighted by molar-refractivity contribution is 0.249. The lowest BCUT2D eigenvalue weighted by atomic mass is 10.1. The smallest absolute Gasteiger partial charge is 0.319 e. The molecule has 23 heavy (non-hydrogen) atoms. The van der Waals surface area contributed by atoms with Gasteiger partial charge in [-0.3, -0.25) is 4.98 Å². The van der Waals surface area contributed by atoms with Crippen molar-refractivity contribution in [3.05, 3.63) is 67.0 Å². The maximum absolute atomic E-state index is 12.0. The number of carbonyl (C=O) groups is 1. The van der Waals surface area contributed by atoms with E-state index in [1.54, 1.807) is 35.5 Å². The van der Waals surface area contributed by atoms with Crippen molar-refractivity contribution < 1.29 is 4.79 Å². The van der Waals surface area contributed by atoms with Crippen molar-refractivity contribution in [3.63, 3.8) is 0 Å². The Hall–Kier alpha value is -3.22. The Kier molecular flexibility index (Phi) is 4.28. The van der Waals surface area contributed by atoms with Gasteiger partial charge in [-0.1, -0.05) is 12.1 Å². The monoisotopic (exact) mass is 308 g/mol. The van der Waals surface area contributed by atoms with E-state index in [4.69, 9.17) is 0 Å². The van der Waals surface area contributed by atoms with Crippen LogP contribution in [0.2, 0.25) is 0 Å². The number of benzene rings is 1. The van der Waals surface area contributed by atoms with Gasteiger partial charge in [-0.2, -0.15) is 5.10 Å². The summed E-state index contributed by atoms with van der Waals surface area (Å²) in [5.41, 5.74) is 2.62. The number of pyridine rings is 1. The third-order valence-corrected chi connectivity index (χ3v) is 3.36. The highest BCUT2D eigenvalue weighted by atomic mass is 16.2. The zero-order valence-corrected chi connectivity index (χ0v) is 12.5. The second-order valence-electron chi connectivity index (χ2n) is 4.99. The van der Waals surface area contributed by atoms with Crippen molar-refractivity contribution in [2.75, 3.05) is 5.32 Å². The highest BCUT2D eigenvalue weighted by Gasteiger charge is 2.10. The Morgan fingerprint density at radius 2 is 1.83 bits per heavy atom. The average Bonchev–Trinajstić information content (AvgIpc) is 3.10. The van der Waals surface area contributed by atoms with Gasteiger partial charge < -0.3 is 10.6 Å². The van der Waals surface area contributed by atoms with E-state index in [1.807, 2.05) is 31.2 Å². The lowest BCUT2D eigenvalue weighted by Gasteiger charge is -2.15. The second-order valence-corrected chi connectivity index (χ2v) is 4.99. The summed E-state index contributed by atoms with van der Waals surface area (Å²) in [6.07, 6.45) is 6.38. The molecule has 2 aromatic heterocycles. The molecule has 3 aromatic rings. The number of rotatable bonds is 4. The third-order valence-electron chi connectivity index (χ3n) is 3.36. The molecule has 0 bridgehead atoms. The number of nitrogens with one attached hydrogen (secondary N) is 2. The molecule has 0 saturated heterocycles. The van der Waals surface area contributed by atoms with Gasteiger partial charge in [0.1, 0.15) is 12.7 Å². The molecule has 0 aliphatic carbocycles. The molecular weight excluding hydrogens is 292 g/mol. The molecule has 0 aliphatic rings. The fraction of sp³-hybridized carbons (Fsp3) is 0.125.